The fourth-order valence-corrected chi connectivity index (χ4v) is 6.87. The van der Waals surface area contributed by atoms with Crippen LogP contribution in [0.15, 0.2) is 54.6 Å². The van der Waals surface area contributed by atoms with Gasteiger partial charge in [0.25, 0.3) is 0 Å². The van der Waals surface area contributed by atoms with E-state index in [0.717, 1.165) is 5.02 Å². The zero-order valence-corrected chi connectivity index (χ0v) is 17.3. The number of rotatable bonds is 3. The van der Waals surface area contributed by atoms with Gasteiger partial charge in [0.05, 0.1) is 0 Å². The van der Waals surface area contributed by atoms with Crippen molar-refractivity contribution in [3.8, 4) is 0 Å². The third kappa shape index (κ3) is 3.73. The third-order valence-electron chi connectivity index (χ3n) is 4.87. The summed E-state index contributed by atoms with van der Waals surface area (Å²) in [5, 5.41) is 4.94. The highest BCUT2D eigenvalue weighted by Crippen LogP contribution is 2.13. The van der Waals surface area contributed by atoms with E-state index in [1.165, 1.54) is 43.4 Å². The molecule has 0 saturated carbocycles. The maximum absolute atomic E-state index is 6.63. The lowest BCUT2D eigenvalue weighted by atomic mass is 10.1. The van der Waals surface area contributed by atoms with E-state index in [0.29, 0.717) is 0 Å². The van der Waals surface area contributed by atoms with Crippen LogP contribution in [-0.2, 0) is 0 Å². The van der Waals surface area contributed by atoms with Crippen molar-refractivity contribution < 1.29 is 0 Å². The molecule has 2 heteroatoms. The fourth-order valence-electron chi connectivity index (χ4n) is 3.44. The number of aryl methyl sites for hydroxylation is 4. The highest BCUT2D eigenvalue weighted by molar-refractivity contribution is 6.96. The summed E-state index contributed by atoms with van der Waals surface area (Å²) in [7, 11) is -1.14. The van der Waals surface area contributed by atoms with E-state index in [4.69, 9.17) is 11.6 Å². The van der Waals surface area contributed by atoms with Crippen LogP contribution in [0.3, 0.4) is 0 Å². The van der Waals surface area contributed by atoms with Crippen molar-refractivity contribution in [1.82, 2.24) is 0 Å². The molecule has 0 nitrogen and oxygen atoms in total. The normalized spacial score (nSPS) is 11.2. The molecule has 3 aromatic carbocycles. The maximum atomic E-state index is 6.63. The highest BCUT2D eigenvalue weighted by atomic mass is 35.5. The molecule has 3 rings (SSSR count). The lowest BCUT2D eigenvalue weighted by Crippen LogP contribution is -2.52. The topological polar surface area (TPSA) is 0 Å². The minimum Gasteiger partial charge on any atom is -0.0845 e. The molecule has 0 saturated heterocycles. The van der Waals surface area contributed by atoms with Gasteiger partial charge in [-0.3, -0.25) is 0 Å². The average molecular weight is 364 g/mol. The smallest absolute Gasteiger partial charge is 0.0845 e. The third-order valence-corrected chi connectivity index (χ3v) is 8.06. The van der Waals surface area contributed by atoms with E-state index >= 15 is 0 Å². The summed E-state index contributed by atoms with van der Waals surface area (Å²) < 4.78 is 0. The molecule has 0 N–H and O–H groups in total. The first-order chi connectivity index (χ1) is 11.9. The molecular formula is C23H24ClSi. The maximum Gasteiger partial charge on any atom is 0.156 e. The van der Waals surface area contributed by atoms with Gasteiger partial charge in [-0.05, 0) is 62.6 Å². The first-order valence-corrected chi connectivity index (χ1v) is 10.5. The number of hydrogen-bond acceptors (Lipinski definition) is 0. The second-order valence-electron chi connectivity index (χ2n) is 6.97. The molecule has 0 aliphatic rings. The second-order valence-corrected chi connectivity index (χ2v) is 9.82. The van der Waals surface area contributed by atoms with Crippen LogP contribution in [0.2, 0.25) is 5.02 Å². The van der Waals surface area contributed by atoms with Gasteiger partial charge in [0.2, 0.25) is 0 Å². The van der Waals surface area contributed by atoms with E-state index in [1.54, 1.807) is 0 Å². The Balaban J connectivity index is 2.28. The Hall–Kier alpha value is -1.83. The predicted octanol–water partition coefficient (Wildman–Crippen LogP) is 4.40. The molecule has 0 unspecified atom stereocenters. The molecule has 127 valence electrons. The molecule has 0 heterocycles. The molecule has 0 amide bonds. The average Bonchev–Trinajstić information content (AvgIpc) is 2.54. The standard InChI is InChI=1S/C23H24ClSi/c1-15-10-16(2)12-20(11-15)25(23-9-7-6-8-22(23)24)21-13-17(3)19(5)18(4)14-21/h6-14H,1-5H3. The molecule has 0 aromatic heterocycles. The van der Waals surface area contributed by atoms with Crippen molar-refractivity contribution in [2.75, 3.05) is 0 Å². The van der Waals surface area contributed by atoms with Crippen LogP contribution in [0.1, 0.15) is 27.8 Å². The van der Waals surface area contributed by atoms with Gasteiger partial charge in [0, 0.05) is 5.02 Å². The second kappa shape index (κ2) is 7.19. The highest BCUT2D eigenvalue weighted by Gasteiger charge is 2.23. The van der Waals surface area contributed by atoms with Crippen molar-refractivity contribution >= 4 is 36.0 Å². The molecule has 0 aliphatic heterocycles. The summed E-state index contributed by atoms with van der Waals surface area (Å²) in [5.41, 5.74) is 6.71. The quantitative estimate of drug-likeness (QED) is 0.478. The Kier molecular flexibility index (Phi) is 5.17. The van der Waals surface area contributed by atoms with E-state index in [9.17, 15) is 0 Å². The molecule has 0 aliphatic carbocycles. The summed E-state index contributed by atoms with van der Waals surface area (Å²) in [5.74, 6) is 0. The molecule has 0 atom stereocenters. The van der Waals surface area contributed by atoms with Crippen LogP contribution in [0.25, 0.3) is 0 Å². The van der Waals surface area contributed by atoms with Crippen LogP contribution in [0.4, 0.5) is 0 Å². The molecule has 25 heavy (non-hydrogen) atoms. The van der Waals surface area contributed by atoms with Crippen molar-refractivity contribution in [3.63, 3.8) is 0 Å². The SMILES string of the molecule is Cc1cc(C)cc([Si](c2cc(C)c(C)c(C)c2)c2ccccc2Cl)c1. The number of halogens is 1. The lowest BCUT2D eigenvalue weighted by Gasteiger charge is -2.21. The predicted molar refractivity (Wildman–Crippen MR) is 113 cm³/mol. The van der Waals surface area contributed by atoms with Crippen LogP contribution in [0.5, 0.6) is 0 Å². The lowest BCUT2D eigenvalue weighted by molar-refractivity contribution is 1.28. The Bertz CT molecular complexity index is 884. The Morgan fingerprint density at radius 3 is 1.76 bits per heavy atom. The van der Waals surface area contributed by atoms with Crippen molar-refractivity contribution in [2.24, 2.45) is 0 Å². The minimum atomic E-state index is -1.14. The van der Waals surface area contributed by atoms with Gasteiger partial charge in [0.1, 0.15) is 0 Å². The Morgan fingerprint density at radius 2 is 1.20 bits per heavy atom. The van der Waals surface area contributed by atoms with Crippen LogP contribution >= 0.6 is 11.6 Å². The summed E-state index contributed by atoms with van der Waals surface area (Å²) in [6.45, 7) is 11.0. The zero-order valence-electron chi connectivity index (χ0n) is 15.6. The molecule has 0 bridgehead atoms. The van der Waals surface area contributed by atoms with Crippen LogP contribution in [-0.4, -0.2) is 8.80 Å². The fraction of sp³-hybridized carbons (Fsp3) is 0.217. The molecule has 0 fully saturated rings. The van der Waals surface area contributed by atoms with Crippen LogP contribution in [0, 0.1) is 34.6 Å². The summed E-state index contributed by atoms with van der Waals surface area (Å²) in [6.07, 6.45) is 0. The Labute approximate surface area is 158 Å². The summed E-state index contributed by atoms with van der Waals surface area (Å²) in [4.78, 5) is 0. The van der Waals surface area contributed by atoms with Gasteiger partial charge in [0.15, 0.2) is 8.80 Å². The summed E-state index contributed by atoms with van der Waals surface area (Å²) >= 11 is 6.63. The van der Waals surface area contributed by atoms with Gasteiger partial charge in [-0.1, -0.05) is 81.6 Å². The first-order valence-electron chi connectivity index (χ1n) is 8.65. The van der Waals surface area contributed by atoms with Gasteiger partial charge < -0.3 is 0 Å². The van der Waals surface area contributed by atoms with E-state index in [1.807, 2.05) is 12.1 Å². The van der Waals surface area contributed by atoms with Crippen molar-refractivity contribution in [3.05, 3.63) is 87.4 Å². The monoisotopic (exact) mass is 363 g/mol. The first kappa shape index (κ1) is 18.0. The van der Waals surface area contributed by atoms with E-state index in [-0.39, 0.29) is 0 Å². The van der Waals surface area contributed by atoms with Crippen molar-refractivity contribution in [1.29, 1.82) is 0 Å². The van der Waals surface area contributed by atoms with Gasteiger partial charge in [-0.15, -0.1) is 0 Å². The molecular weight excluding hydrogens is 340 g/mol. The Morgan fingerprint density at radius 1 is 0.680 bits per heavy atom. The zero-order chi connectivity index (χ0) is 18.1. The van der Waals surface area contributed by atoms with E-state index in [2.05, 4.69) is 77.1 Å². The van der Waals surface area contributed by atoms with E-state index < -0.39 is 8.80 Å². The number of hydrogen-bond donors (Lipinski definition) is 0. The van der Waals surface area contributed by atoms with Gasteiger partial charge >= 0.3 is 0 Å². The minimum absolute atomic E-state index is 0.867. The molecule has 0 spiro atoms. The van der Waals surface area contributed by atoms with Gasteiger partial charge in [-0.2, -0.15) is 0 Å². The molecule has 3 aromatic rings. The molecule has 1 radical (unpaired) electrons. The number of benzene rings is 3. The van der Waals surface area contributed by atoms with Crippen molar-refractivity contribution in [2.45, 2.75) is 34.6 Å². The largest absolute Gasteiger partial charge is 0.156 e. The van der Waals surface area contributed by atoms with Crippen LogP contribution < -0.4 is 15.6 Å². The van der Waals surface area contributed by atoms with Gasteiger partial charge in [-0.25, -0.2) is 0 Å². The summed E-state index contributed by atoms with van der Waals surface area (Å²) in [6, 6.07) is 19.9.